The molecule has 0 radical (unpaired) electrons. The molecule has 0 unspecified atom stereocenters. The van der Waals surface area contributed by atoms with E-state index in [1.807, 2.05) is 5.32 Å². The maximum Gasteiger partial charge on any atom is 0.333 e. The summed E-state index contributed by atoms with van der Waals surface area (Å²) in [6, 6.07) is 0.108. The summed E-state index contributed by atoms with van der Waals surface area (Å²) < 4.78 is 50.0. The number of hydrogen-bond donors (Lipinski definition) is 2. The molecule has 0 aromatic heterocycles. The van der Waals surface area contributed by atoms with E-state index in [4.69, 9.17) is 0 Å². The maximum absolute atomic E-state index is 13.1. The van der Waals surface area contributed by atoms with E-state index in [0.29, 0.717) is 6.07 Å². The van der Waals surface area contributed by atoms with Gasteiger partial charge in [0.15, 0.2) is 0 Å². The standard InChI is InChI=1S/C7H4F2N2O3S/c8-3-1-4(9)6-5(2-3)10-7(12)11-15(6,13)14/h1-2H,(H2,10,11,12). The number of sulfonamides is 1. The smallest absolute Gasteiger partial charge is 0.306 e. The largest absolute Gasteiger partial charge is 0.333 e. The van der Waals surface area contributed by atoms with Gasteiger partial charge in [-0.3, -0.25) is 0 Å². The van der Waals surface area contributed by atoms with Crippen molar-refractivity contribution in [1.29, 1.82) is 0 Å². The molecule has 1 aromatic carbocycles. The van der Waals surface area contributed by atoms with Crippen LogP contribution in [-0.4, -0.2) is 14.4 Å². The highest BCUT2D eigenvalue weighted by Crippen LogP contribution is 2.28. The van der Waals surface area contributed by atoms with Crippen LogP contribution >= 0.6 is 0 Å². The van der Waals surface area contributed by atoms with Gasteiger partial charge in [0, 0.05) is 6.07 Å². The van der Waals surface area contributed by atoms with Crippen LogP contribution < -0.4 is 10.0 Å². The second-order valence-electron chi connectivity index (χ2n) is 2.82. The van der Waals surface area contributed by atoms with Crippen molar-refractivity contribution in [3.05, 3.63) is 23.8 Å². The average molecular weight is 234 g/mol. The molecule has 0 atom stereocenters. The minimum atomic E-state index is -4.24. The van der Waals surface area contributed by atoms with Gasteiger partial charge in [-0.2, -0.15) is 0 Å². The molecule has 15 heavy (non-hydrogen) atoms. The fourth-order valence-electron chi connectivity index (χ4n) is 1.25. The van der Waals surface area contributed by atoms with Crippen molar-refractivity contribution in [2.75, 3.05) is 5.32 Å². The predicted octanol–water partition coefficient (Wildman–Crippen LogP) is 0.789. The van der Waals surface area contributed by atoms with Gasteiger partial charge in [0.1, 0.15) is 16.5 Å². The molecule has 0 saturated heterocycles. The van der Waals surface area contributed by atoms with Gasteiger partial charge in [-0.05, 0) is 6.07 Å². The number of anilines is 1. The first-order valence-electron chi connectivity index (χ1n) is 3.73. The van der Waals surface area contributed by atoms with Gasteiger partial charge < -0.3 is 5.32 Å². The number of carbonyl (C=O) groups excluding carboxylic acids is 1. The third-order valence-corrected chi connectivity index (χ3v) is 3.16. The van der Waals surface area contributed by atoms with Gasteiger partial charge in [0.05, 0.1) is 5.69 Å². The highest BCUT2D eigenvalue weighted by Gasteiger charge is 2.31. The lowest BCUT2D eigenvalue weighted by Gasteiger charge is -2.18. The van der Waals surface area contributed by atoms with Crippen LogP contribution in [0.1, 0.15) is 0 Å². The molecule has 1 aliphatic heterocycles. The SMILES string of the molecule is O=C1Nc2cc(F)cc(F)c2S(=O)(=O)N1. The Bertz CT molecular complexity index is 556. The summed E-state index contributed by atoms with van der Waals surface area (Å²) in [4.78, 5) is 10.1. The molecule has 2 rings (SSSR count). The molecule has 0 aliphatic carbocycles. The molecule has 0 spiro atoms. The van der Waals surface area contributed by atoms with Crippen LogP contribution in [0, 0.1) is 11.6 Å². The lowest BCUT2D eigenvalue weighted by atomic mass is 10.3. The van der Waals surface area contributed by atoms with Crippen molar-refractivity contribution in [3.8, 4) is 0 Å². The summed E-state index contributed by atoms with van der Waals surface area (Å²) in [5, 5.41) is 1.99. The normalized spacial score (nSPS) is 17.6. The molecule has 5 nitrogen and oxygen atoms in total. The highest BCUT2D eigenvalue weighted by molar-refractivity contribution is 7.90. The zero-order valence-corrected chi connectivity index (χ0v) is 7.86. The molecule has 1 aliphatic rings. The topological polar surface area (TPSA) is 75.3 Å². The van der Waals surface area contributed by atoms with E-state index in [1.165, 1.54) is 4.72 Å². The van der Waals surface area contributed by atoms with E-state index in [-0.39, 0.29) is 0 Å². The van der Waals surface area contributed by atoms with Crippen LogP contribution in [0.2, 0.25) is 0 Å². The Balaban J connectivity index is 2.79. The minimum Gasteiger partial charge on any atom is -0.306 e. The molecule has 2 N–H and O–H groups in total. The van der Waals surface area contributed by atoms with E-state index in [2.05, 4.69) is 0 Å². The average Bonchev–Trinajstić information content (AvgIpc) is 1.97. The van der Waals surface area contributed by atoms with Crippen molar-refractivity contribution in [3.63, 3.8) is 0 Å². The zero-order valence-electron chi connectivity index (χ0n) is 7.04. The van der Waals surface area contributed by atoms with E-state index in [9.17, 15) is 22.0 Å². The zero-order chi connectivity index (χ0) is 11.2. The molecule has 2 amide bonds. The Hall–Kier alpha value is -1.70. The number of benzene rings is 1. The van der Waals surface area contributed by atoms with Crippen LogP contribution in [0.25, 0.3) is 0 Å². The first-order chi connectivity index (χ1) is 6.90. The highest BCUT2D eigenvalue weighted by atomic mass is 32.2. The van der Waals surface area contributed by atoms with Crippen LogP contribution in [-0.2, 0) is 10.0 Å². The molecule has 0 saturated carbocycles. The molecular weight excluding hydrogens is 230 g/mol. The number of hydrogen-bond acceptors (Lipinski definition) is 3. The van der Waals surface area contributed by atoms with Gasteiger partial charge in [-0.25, -0.2) is 26.7 Å². The molecule has 0 bridgehead atoms. The molecule has 1 aromatic rings. The Kier molecular flexibility index (Phi) is 1.90. The van der Waals surface area contributed by atoms with Crippen LogP contribution in [0.3, 0.4) is 0 Å². The number of nitrogens with one attached hydrogen (secondary N) is 2. The van der Waals surface area contributed by atoms with Crippen molar-refractivity contribution in [1.82, 2.24) is 4.72 Å². The number of amides is 2. The lowest BCUT2D eigenvalue weighted by molar-refractivity contribution is 0.256. The monoisotopic (exact) mass is 234 g/mol. The molecule has 0 fully saturated rings. The van der Waals surface area contributed by atoms with Gasteiger partial charge in [-0.15, -0.1) is 0 Å². The number of halogens is 2. The Morgan fingerprint density at radius 1 is 1.20 bits per heavy atom. The quantitative estimate of drug-likeness (QED) is 0.696. The van der Waals surface area contributed by atoms with E-state index in [0.717, 1.165) is 6.07 Å². The number of carbonyl (C=O) groups is 1. The van der Waals surface area contributed by atoms with Crippen molar-refractivity contribution in [2.24, 2.45) is 0 Å². The first-order valence-corrected chi connectivity index (χ1v) is 5.21. The van der Waals surface area contributed by atoms with E-state index >= 15 is 0 Å². The Labute approximate surface area is 83.1 Å². The summed E-state index contributed by atoms with van der Waals surface area (Å²) in [5.41, 5.74) is -0.406. The van der Waals surface area contributed by atoms with E-state index < -0.39 is 38.3 Å². The Morgan fingerprint density at radius 3 is 2.53 bits per heavy atom. The maximum atomic E-state index is 13.1. The van der Waals surface area contributed by atoms with Crippen molar-refractivity contribution in [2.45, 2.75) is 4.90 Å². The minimum absolute atomic E-state index is 0.406. The van der Waals surface area contributed by atoms with Gasteiger partial charge >= 0.3 is 6.03 Å². The van der Waals surface area contributed by atoms with Gasteiger partial charge in [-0.1, -0.05) is 0 Å². The molecule has 80 valence electrons. The fraction of sp³-hybridized carbons (Fsp3) is 0. The summed E-state index contributed by atoms with van der Waals surface area (Å²) in [7, 11) is -4.24. The number of urea groups is 1. The number of rotatable bonds is 0. The second kappa shape index (κ2) is 2.89. The second-order valence-corrected chi connectivity index (χ2v) is 4.44. The van der Waals surface area contributed by atoms with Crippen LogP contribution in [0.15, 0.2) is 17.0 Å². The van der Waals surface area contributed by atoms with E-state index in [1.54, 1.807) is 0 Å². The summed E-state index contributed by atoms with van der Waals surface area (Å²) >= 11 is 0. The predicted molar refractivity (Wildman–Crippen MR) is 45.7 cm³/mol. The first kappa shape index (κ1) is 9.84. The van der Waals surface area contributed by atoms with Crippen molar-refractivity contribution < 1.29 is 22.0 Å². The third kappa shape index (κ3) is 1.52. The van der Waals surface area contributed by atoms with Gasteiger partial charge in [0.2, 0.25) is 0 Å². The van der Waals surface area contributed by atoms with Crippen molar-refractivity contribution >= 4 is 21.7 Å². The van der Waals surface area contributed by atoms with Crippen LogP contribution in [0.5, 0.6) is 0 Å². The lowest BCUT2D eigenvalue weighted by Crippen LogP contribution is -2.39. The summed E-state index contributed by atoms with van der Waals surface area (Å²) in [6.45, 7) is 0. The van der Waals surface area contributed by atoms with Crippen LogP contribution in [0.4, 0.5) is 19.3 Å². The summed E-state index contributed by atoms with van der Waals surface area (Å²) in [6.07, 6.45) is 0. The number of fused-ring (bicyclic) bond motifs is 1. The fourth-order valence-corrected chi connectivity index (χ4v) is 2.36. The summed E-state index contributed by atoms with van der Waals surface area (Å²) in [5.74, 6) is -2.22. The molecule has 1 heterocycles. The third-order valence-electron chi connectivity index (χ3n) is 1.75. The van der Waals surface area contributed by atoms with Gasteiger partial charge in [0.25, 0.3) is 10.0 Å². The molecular formula is C7H4F2N2O3S. The molecule has 8 heteroatoms. The Morgan fingerprint density at radius 2 is 1.87 bits per heavy atom.